The molecule has 0 spiro atoms. The van der Waals surface area contributed by atoms with E-state index in [-0.39, 0.29) is 11.8 Å². The number of hydrogen-bond acceptors (Lipinski definition) is 3. The molecule has 2 saturated carbocycles. The van der Waals surface area contributed by atoms with Crippen LogP contribution in [0.1, 0.15) is 53.1 Å². The third kappa shape index (κ3) is 2.91. The molecule has 25 heavy (non-hydrogen) atoms. The lowest BCUT2D eigenvalue weighted by molar-refractivity contribution is -0.122. The molecule has 4 rings (SSSR count). The van der Waals surface area contributed by atoms with Gasteiger partial charge >= 0.3 is 0 Å². The molecule has 2 aliphatic carbocycles. The summed E-state index contributed by atoms with van der Waals surface area (Å²) < 4.78 is 0. The average Bonchev–Trinajstić information content (AvgIpc) is 3.48. The predicted octanol–water partition coefficient (Wildman–Crippen LogP) is 3.79. The van der Waals surface area contributed by atoms with Crippen LogP contribution in [-0.4, -0.2) is 11.8 Å². The fourth-order valence-electron chi connectivity index (χ4n) is 3.44. The van der Waals surface area contributed by atoms with Crippen LogP contribution in [-0.2, 0) is 10.2 Å². The van der Waals surface area contributed by atoms with E-state index < -0.39 is 5.41 Å². The number of imide groups is 1. The first-order valence-corrected chi connectivity index (χ1v) is 8.89. The second-order valence-electron chi connectivity index (χ2n) is 6.95. The molecule has 0 heterocycles. The molecule has 2 fully saturated rings. The maximum absolute atomic E-state index is 12.8. The van der Waals surface area contributed by atoms with Crippen molar-refractivity contribution in [2.45, 2.75) is 37.0 Å². The maximum Gasteiger partial charge on any atom is 0.258 e. The fourth-order valence-corrected chi connectivity index (χ4v) is 3.57. The molecule has 4 nitrogen and oxygen atoms in total. The number of amides is 2. The molecule has 5 heteroatoms. The number of benzene rings is 2. The number of carbonyl (C=O) groups is 2. The van der Waals surface area contributed by atoms with Gasteiger partial charge in [-0.05, 0) is 67.0 Å². The molecule has 2 aliphatic rings. The third-order valence-electron chi connectivity index (χ3n) is 5.18. The van der Waals surface area contributed by atoms with E-state index in [4.69, 9.17) is 17.3 Å². The Balaban J connectivity index is 1.56. The highest BCUT2D eigenvalue weighted by molar-refractivity contribution is 6.30. The largest absolute Gasteiger partial charge is 0.398 e. The zero-order chi connectivity index (χ0) is 17.6. The van der Waals surface area contributed by atoms with E-state index in [9.17, 15) is 9.59 Å². The topological polar surface area (TPSA) is 72.2 Å². The van der Waals surface area contributed by atoms with Crippen LogP contribution in [0, 0.1) is 0 Å². The first-order valence-electron chi connectivity index (χ1n) is 8.51. The van der Waals surface area contributed by atoms with E-state index in [1.54, 1.807) is 24.3 Å². The standard InChI is InChI=1S/C20H19ClN2O2/c21-14-8-6-13(7-9-14)20(10-11-20)19(25)23-18(24)15-2-1-3-16(22)17(15)12-4-5-12/h1-3,6-9,12H,4-5,10-11,22H2,(H,23,24,25). The van der Waals surface area contributed by atoms with Gasteiger partial charge in [0.25, 0.3) is 5.91 Å². The molecule has 3 N–H and O–H groups in total. The second kappa shape index (κ2) is 5.88. The van der Waals surface area contributed by atoms with Crippen LogP contribution in [0.25, 0.3) is 0 Å². The molecule has 0 unspecified atom stereocenters. The summed E-state index contributed by atoms with van der Waals surface area (Å²) in [6, 6.07) is 12.6. The number of nitrogens with two attached hydrogens (primary N) is 1. The molecule has 0 saturated heterocycles. The Kier molecular flexibility index (Phi) is 3.80. The number of nitrogens with one attached hydrogen (secondary N) is 1. The minimum Gasteiger partial charge on any atom is -0.398 e. The highest BCUT2D eigenvalue weighted by atomic mass is 35.5. The van der Waals surface area contributed by atoms with Crippen molar-refractivity contribution >= 4 is 29.1 Å². The Morgan fingerprint density at radius 2 is 1.76 bits per heavy atom. The first-order chi connectivity index (χ1) is 12.0. The number of halogens is 1. The Bertz CT molecular complexity index is 852. The van der Waals surface area contributed by atoms with Gasteiger partial charge in [-0.15, -0.1) is 0 Å². The fraction of sp³-hybridized carbons (Fsp3) is 0.300. The number of nitrogen functional groups attached to an aromatic ring is 1. The Morgan fingerprint density at radius 3 is 2.36 bits per heavy atom. The Morgan fingerprint density at radius 1 is 1.08 bits per heavy atom. The van der Waals surface area contributed by atoms with E-state index in [1.165, 1.54) is 0 Å². The van der Waals surface area contributed by atoms with Crippen molar-refractivity contribution in [1.29, 1.82) is 0 Å². The average molecular weight is 355 g/mol. The van der Waals surface area contributed by atoms with Crippen molar-refractivity contribution in [2.24, 2.45) is 0 Å². The second-order valence-corrected chi connectivity index (χ2v) is 7.39. The minimum atomic E-state index is -0.611. The van der Waals surface area contributed by atoms with E-state index in [1.807, 2.05) is 18.2 Å². The maximum atomic E-state index is 12.8. The van der Waals surface area contributed by atoms with E-state index in [0.29, 0.717) is 22.2 Å². The van der Waals surface area contributed by atoms with Gasteiger partial charge in [0.05, 0.1) is 5.41 Å². The lowest BCUT2D eigenvalue weighted by Crippen LogP contribution is -2.39. The third-order valence-corrected chi connectivity index (χ3v) is 5.43. The minimum absolute atomic E-state index is 0.246. The van der Waals surface area contributed by atoms with Crippen molar-refractivity contribution in [3.8, 4) is 0 Å². The normalized spacial score (nSPS) is 17.8. The van der Waals surface area contributed by atoms with Gasteiger partial charge in [-0.2, -0.15) is 0 Å². The van der Waals surface area contributed by atoms with Crippen molar-refractivity contribution in [3.05, 3.63) is 64.2 Å². The number of anilines is 1. The number of hydrogen-bond donors (Lipinski definition) is 2. The van der Waals surface area contributed by atoms with Gasteiger partial charge in [0.2, 0.25) is 5.91 Å². The Hall–Kier alpha value is -2.33. The predicted molar refractivity (Wildman–Crippen MR) is 97.7 cm³/mol. The van der Waals surface area contributed by atoms with Crippen molar-refractivity contribution in [2.75, 3.05) is 5.73 Å². The molecule has 0 aromatic heterocycles. The molecule has 0 atom stereocenters. The van der Waals surface area contributed by atoms with E-state index >= 15 is 0 Å². The highest BCUT2D eigenvalue weighted by Gasteiger charge is 2.51. The van der Waals surface area contributed by atoms with E-state index in [2.05, 4.69) is 5.32 Å². The zero-order valence-corrected chi connectivity index (χ0v) is 14.5. The summed E-state index contributed by atoms with van der Waals surface area (Å²) in [6.45, 7) is 0. The van der Waals surface area contributed by atoms with Crippen LogP contribution in [0.3, 0.4) is 0 Å². The molecule has 2 amide bonds. The summed E-state index contributed by atoms with van der Waals surface area (Å²) in [5, 5.41) is 3.23. The van der Waals surface area contributed by atoms with Crippen LogP contribution < -0.4 is 11.1 Å². The molecule has 0 bridgehead atoms. The molecular formula is C20H19ClN2O2. The summed E-state index contributed by atoms with van der Waals surface area (Å²) in [5.74, 6) is -0.272. The monoisotopic (exact) mass is 354 g/mol. The summed E-state index contributed by atoms with van der Waals surface area (Å²) in [4.78, 5) is 25.5. The van der Waals surface area contributed by atoms with Gasteiger partial charge in [0, 0.05) is 16.3 Å². The smallest absolute Gasteiger partial charge is 0.258 e. The zero-order valence-electron chi connectivity index (χ0n) is 13.7. The van der Waals surface area contributed by atoms with Crippen LogP contribution in [0.4, 0.5) is 5.69 Å². The van der Waals surface area contributed by atoms with Crippen LogP contribution in [0.15, 0.2) is 42.5 Å². The lowest BCUT2D eigenvalue weighted by Gasteiger charge is -2.17. The van der Waals surface area contributed by atoms with Crippen molar-refractivity contribution in [1.82, 2.24) is 5.32 Å². The summed E-state index contributed by atoms with van der Waals surface area (Å²) in [6.07, 6.45) is 3.55. The van der Waals surface area contributed by atoms with Gasteiger partial charge in [-0.3, -0.25) is 14.9 Å². The SMILES string of the molecule is Nc1cccc(C(=O)NC(=O)C2(c3ccc(Cl)cc3)CC2)c1C1CC1. The Labute approximate surface area is 151 Å². The molecule has 128 valence electrons. The van der Waals surface area contributed by atoms with Gasteiger partial charge in [0.15, 0.2) is 0 Å². The van der Waals surface area contributed by atoms with Crippen LogP contribution >= 0.6 is 11.6 Å². The van der Waals surface area contributed by atoms with Gasteiger partial charge < -0.3 is 5.73 Å². The molecule has 0 aliphatic heterocycles. The lowest BCUT2D eigenvalue weighted by atomic mass is 9.94. The molecule has 2 aromatic carbocycles. The van der Waals surface area contributed by atoms with Crippen molar-refractivity contribution < 1.29 is 9.59 Å². The number of rotatable bonds is 4. The van der Waals surface area contributed by atoms with Crippen molar-refractivity contribution in [3.63, 3.8) is 0 Å². The summed E-state index contributed by atoms with van der Waals surface area (Å²) in [5.41, 5.74) is 8.37. The van der Waals surface area contributed by atoms with Crippen LogP contribution in [0.2, 0.25) is 5.02 Å². The summed E-state index contributed by atoms with van der Waals surface area (Å²) >= 11 is 5.93. The quantitative estimate of drug-likeness (QED) is 0.648. The molecule has 0 radical (unpaired) electrons. The highest BCUT2D eigenvalue weighted by Crippen LogP contribution is 2.49. The first kappa shape index (κ1) is 16.2. The van der Waals surface area contributed by atoms with Crippen LogP contribution in [0.5, 0.6) is 0 Å². The molecule has 2 aromatic rings. The molecular weight excluding hydrogens is 336 g/mol. The van der Waals surface area contributed by atoms with Gasteiger partial charge in [0.1, 0.15) is 0 Å². The number of carbonyl (C=O) groups excluding carboxylic acids is 2. The van der Waals surface area contributed by atoms with Gasteiger partial charge in [-0.1, -0.05) is 29.8 Å². The van der Waals surface area contributed by atoms with E-state index in [0.717, 1.165) is 36.8 Å². The van der Waals surface area contributed by atoms with Gasteiger partial charge in [-0.25, -0.2) is 0 Å². The summed E-state index contributed by atoms with van der Waals surface area (Å²) in [7, 11) is 0.